The number of aromatic nitrogens is 3. The van der Waals surface area contributed by atoms with Gasteiger partial charge in [0.05, 0.1) is 5.75 Å². The highest BCUT2D eigenvalue weighted by Crippen LogP contribution is 2.40. The largest absolute Gasteiger partial charge is 0.481 e. The van der Waals surface area contributed by atoms with E-state index in [0.717, 1.165) is 30.2 Å². The van der Waals surface area contributed by atoms with Crippen molar-refractivity contribution in [2.24, 2.45) is 11.3 Å². The van der Waals surface area contributed by atoms with Gasteiger partial charge in [-0.25, -0.2) is 0 Å². The molecule has 0 aromatic carbocycles. The lowest BCUT2D eigenvalue weighted by molar-refractivity contribution is -0.133. The molecule has 2 rings (SSSR count). The quantitative estimate of drug-likeness (QED) is 0.817. The van der Waals surface area contributed by atoms with E-state index in [0.29, 0.717) is 12.0 Å². The van der Waals surface area contributed by atoms with Gasteiger partial charge >= 0.3 is 5.97 Å². The van der Waals surface area contributed by atoms with Gasteiger partial charge < -0.3 is 9.67 Å². The zero-order valence-corrected chi connectivity index (χ0v) is 13.4. The van der Waals surface area contributed by atoms with Gasteiger partial charge in [0.1, 0.15) is 5.82 Å². The van der Waals surface area contributed by atoms with Crippen LogP contribution in [0.15, 0.2) is 5.16 Å². The Bertz CT molecular complexity index is 489. The second-order valence-electron chi connectivity index (χ2n) is 6.65. The molecule has 1 aliphatic rings. The molecule has 0 radical (unpaired) electrons. The third-order valence-electron chi connectivity index (χ3n) is 3.94. The minimum Gasteiger partial charge on any atom is -0.481 e. The zero-order chi connectivity index (χ0) is 14.9. The Kier molecular flexibility index (Phi) is 4.42. The molecule has 1 aromatic heterocycles. The van der Waals surface area contributed by atoms with Crippen molar-refractivity contribution in [2.75, 3.05) is 5.75 Å². The van der Waals surface area contributed by atoms with Gasteiger partial charge in [-0.2, -0.15) is 0 Å². The van der Waals surface area contributed by atoms with Crippen LogP contribution in [-0.4, -0.2) is 31.6 Å². The van der Waals surface area contributed by atoms with Gasteiger partial charge in [-0.05, 0) is 24.2 Å². The molecule has 0 bridgehead atoms. The number of thioether (sulfide) groups is 1. The third kappa shape index (κ3) is 3.75. The lowest BCUT2D eigenvalue weighted by Gasteiger charge is -2.27. The van der Waals surface area contributed by atoms with Crippen LogP contribution in [0.2, 0.25) is 0 Å². The molecule has 6 heteroatoms. The number of hydrogen-bond acceptors (Lipinski definition) is 4. The number of rotatable bonds is 6. The number of aliphatic carboxylic acids is 1. The Morgan fingerprint density at radius 3 is 2.60 bits per heavy atom. The fourth-order valence-electron chi connectivity index (χ4n) is 1.95. The molecule has 1 N–H and O–H groups in total. The van der Waals surface area contributed by atoms with E-state index in [-0.39, 0.29) is 11.2 Å². The van der Waals surface area contributed by atoms with Crippen molar-refractivity contribution in [2.45, 2.75) is 58.2 Å². The summed E-state index contributed by atoms with van der Waals surface area (Å²) in [6.45, 7) is 8.93. The predicted octanol–water partition coefficient (Wildman–Crippen LogP) is 3.01. The van der Waals surface area contributed by atoms with Gasteiger partial charge in [0.15, 0.2) is 5.16 Å². The lowest BCUT2D eigenvalue weighted by Crippen LogP contribution is -2.21. The Morgan fingerprint density at radius 2 is 2.10 bits per heavy atom. The first-order valence-electron chi connectivity index (χ1n) is 7.07. The molecule has 1 fully saturated rings. The van der Waals surface area contributed by atoms with Crippen LogP contribution in [0.5, 0.6) is 0 Å². The van der Waals surface area contributed by atoms with Gasteiger partial charge in [-0.1, -0.05) is 39.5 Å². The van der Waals surface area contributed by atoms with Crippen LogP contribution in [0.4, 0.5) is 0 Å². The Hall–Kier alpha value is -1.04. The summed E-state index contributed by atoms with van der Waals surface area (Å²) in [7, 11) is 0. The molecule has 1 aliphatic carbocycles. The van der Waals surface area contributed by atoms with Gasteiger partial charge in [0, 0.05) is 12.5 Å². The molecular weight excluding hydrogens is 274 g/mol. The monoisotopic (exact) mass is 297 g/mol. The molecule has 1 heterocycles. The summed E-state index contributed by atoms with van der Waals surface area (Å²) >= 11 is 1.27. The van der Waals surface area contributed by atoms with Gasteiger partial charge in [-0.3, -0.25) is 4.79 Å². The second-order valence-corrected chi connectivity index (χ2v) is 7.60. The van der Waals surface area contributed by atoms with Crippen LogP contribution < -0.4 is 0 Å². The molecule has 0 spiro atoms. The summed E-state index contributed by atoms with van der Waals surface area (Å²) in [5.41, 5.74) is 0.231. The highest BCUT2D eigenvalue weighted by molar-refractivity contribution is 7.99. The average Bonchev–Trinajstić information content (AvgIpc) is 3.08. The standard InChI is InChI=1S/C14H23N3O2S/c1-9(14(2,3)4)7-11-15-16-13(20-8-12(18)19)17(11)10-5-6-10/h9-10H,5-8H2,1-4H3,(H,18,19). The van der Waals surface area contributed by atoms with E-state index < -0.39 is 5.97 Å². The molecule has 1 aromatic rings. The zero-order valence-electron chi connectivity index (χ0n) is 12.6. The summed E-state index contributed by atoms with van der Waals surface area (Å²) in [5.74, 6) is 0.731. The smallest absolute Gasteiger partial charge is 0.313 e. The van der Waals surface area contributed by atoms with Crippen molar-refractivity contribution in [1.82, 2.24) is 14.8 Å². The average molecular weight is 297 g/mol. The Labute approximate surface area is 124 Å². The van der Waals surface area contributed by atoms with E-state index in [9.17, 15) is 4.79 Å². The summed E-state index contributed by atoms with van der Waals surface area (Å²) in [5, 5.41) is 18.1. The summed E-state index contributed by atoms with van der Waals surface area (Å²) < 4.78 is 2.16. The molecule has 20 heavy (non-hydrogen) atoms. The predicted molar refractivity (Wildman–Crippen MR) is 79.0 cm³/mol. The van der Waals surface area contributed by atoms with E-state index in [2.05, 4.69) is 42.5 Å². The number of hydrogen-bond donors (Lipinski definition) is 1. The van der Waals surface area contributed by atoms with Crippen molar-refractivity contribution in [3.05, 3.63) is 5.82 Å². The first-order valence-corrected chi connectivity index (χ1v) is 8.06. The van der Waals surface area contributed by atoms with Crippen molar-refractivity contribution in [3.63, 3.8) is 0 Å². The van der Waals surface area contributed by atoms with Crippen LogP contribution in [0, 0.1) is 11.3 Å². The topological polar surface area (TPSA) is 68.0 Å². The molecule has 0 amide bonds. The molecule has 1 saturated carbocycles. The van der Waals surface area contributed by atoms with Crippen molar-refractivity contribution >= 4 is 17.7 Å². The fraction of sp³-hybridized carbons (Fsp3) is 0.786. The first kappa shape index (κ1) is 15.4. The maximum Gasteiger partial charge on any atom is 0.313 e. The van der Waals surface area contributed by atoms with Gasteiger partial charge in [-0.15, -0.1) is 10.2 Å². The summed E-state index contributed by atoms with van der Waals surface area (Å²) in [6, 6.07) is 0.475. The molecule has 1 unspecified atom stereocenters. The van der Waals surface area contributed by atoms with Crippen LogP contribution >= 0.6 is 11.8 Å². The molecule has 0 saturated heterocycles. The van der Waals surface area contributed by atoms with E-state index >= 15 is 0 Å². The number of carbonyl (C=O) groups is 1. The van der Waals surface area contributed by atoms with Crippen molar-refractivity contribution in [3.8, 4) is 0 Å². The molecular formula is C14H23N3O2S. The van der Waals surface area contributed by atoms with Crippen LogP contribution in [-0.2, 0) is 11.2 Å². The highest BCUT2D eigenvalue weighted by Gasteiger charge is 2.31. The molecule has 112 valence electrons. The SMILES string of the molecule is CC(Cc1nnc(SCC(=O)O)n1C1CC1)C(C)(C)C. The van der Waals surface area contributed by atoms with E-state index in [4.69, 9.17) is 5.11 Å². The number of nitrogens with zero attached hydrogens (tertiary/aromatic N) is 3. The van der Waals surface area contributed by atoms with Crippen LogP contribution in [0.25, 0.3) is 0 Å². The van der Waals surface area contributed by atoms with E-state index in [1.54, 1.807) is 0 Å². The highest BCUT2D eigenvalue weighted by atomic mass is 32.2. The lowest BCUT2D eigenvalue weighted by atomic mass is 9.80. The molecule has 1 atom stereocenters. The van der Waals surface area contributed by atoms with Gasteiger partial charge in [0.25, 0.3) is 0 Å². The maximum atomic E-state index is 10.7. The fourth-order valence-corrected chi connectivity index (χ4v) is 2.70. The maximum absolute atomic E-state index is 10.7. The Balaban J connectivity index is 2.15. The van der Waals surface area contributed by atoms with Crippen LogP contribution in [0.1, 0.15) is 52.4 Å². The Morgan fingerprint density at radius 1 is 1.45 bits per heavy atom. The number of carboxylic acid groups (broad SMARTS) is 1. The first-order chi connectivity index (χ1) is 9.29. The van der Waals surface area contributed by atoms with E-state index in [1.165, 1.54) is 11.8 Å². The molecule has 5 nitrogen and oxygen atoms in total. The summed E-state index contributed by atoms with van der Waals surface area (Å²) in [6.07, 6.45) is 3.19. The second kappa shape index (κ2) is 5.76. The minimum absolute atomic E-state index is 0.0413. The number of carboxylic acids is 1. The van der Waals surface area contributed by atoms with E-state index in [1.807, 2.05) is 0 Å². The van der Waals surface area contributed by atoms with Gasteiger partial charge in [0.2, 0.25) is 0 Å². The van der Waals surface area contributed by atoms with Crippen LogP contribution in [0.3, 0.4) is 0 Å². The third-order valence-corrected chi connectivity index (χ3v) is 4.87. The minimum atomic E-state index is -0.815. The normalized spacial score (nSPS) is 17.2. The van der Waals surface area contributed by atoms with Crippen molar-refractivity contribution < 1.29 is 9.90 Å². The molecule has 0 aliphatic heterocycles. The summed E-state index contributed by atoms with van der Waals surface area (Å²) in [4.78, 5) is 10.7. The van der Waals surface area contributed by atoms with Crippen molar-refractivity contribution in [1.29, 1.82) is 0 Å².